The monoisotopic (exact) mass is 320 g/mol. The number of anilines is 2. The lowest BCUT2D eigenvalue weighted by molar-refractivity contribution is -0.137. The topological polar surface area (TPSA) is 58.3 Å². The smallest absolute Gasteiger partial charge is 0.416 e. The fourth-order valence-electron chi connectivity index (χ4n) is 2.10. The average Bonchev–Trinajstić information content (AvgIpc) is 3.03. The highest BCUT2D eigenvalue weighted by molar-refractivity contribution is 5.78. The van der Waals surface area contributed by atoms with E-state index in [0.29, 0.717) is 11.3 Å². The quantitative estimate of drug-likeness (QED) is 0.680. The van der Waals surface area contributed by atoms with Crippen LogP contribution in [0.2, 0.25) is 0 Å². The number of phenols is 1. The van der Waals surface area contributed by atoms with Gasteiger partial charge in [-0.1, -0.05) is 6.07 Å². The van der Waals surface area contributed by atoms with Crippen LogP contribution in [0, 0.1) is 0 Å². The Bertz CT molecular complexity index is 814. The summed E-state index contributed by atoms with van der Waals surface area (Å²) in [4.78, 5) is 3.99. The molecule has 3 aromatic rings. The Hall–Kier alpha value is -2.96. The normalized spacial score (nSPS) is 11.4. The van der Waals surface area contributed by atoms with Crippen LogP contribution in [-0.2, 0) is 6.18 Å². The molecule has 0 unspecified atom stereocenters. The van der Waals surface area contributed by atoms with Gasteiger partial charge in [-0.3, -0.25) is 0 Å². The molecule has 0 atom stereocenters. The number of nitrogens with zero attached hydrogens (tertiary/aromatic N) is 1. The molecule has 0 aliphatic carbocycles. The number of phenolic OH excluding ortho intramolecular Hbond substituents is 1. The van der Waals surface area contributed by atoms with Crippen LogP contribution in [0.1, 0.15) is 5.56 Å². The highest BCUT2D eigenvalue weighted by atomic mass is 19.4. The summed E-state index contributed by atoms with van der Waals surface area (Å²) in [5.41, 5.74) is 0.411. The minimum absolute atomic E-state index is 0.00667. The molecule has 1 aromatic heterocycles. The Morgan fingerprint density at radius 1 is 1.09 bits per heavy atom. The molecule has 23 heavy (non-hydrogen) atoms. The fraction of sp³-hybridized carbons (Fsp3) is 0.0625. The summed E-state index contributed by atoms with van der Waals surface area (Å²) in [7, 11) is 0. The Morgan fingerprint density at radius 3 is 2.61 bits per heavy atom. The zero-order valence-corrected chi connectivity index (χ0v) is 11.6. The van der Waals surface area contributed by atoms with Gasteiger partial charge in [0.2, 0.25) is 5.89 Å². The van der Waals surface area contributed by atoms with Crippen molar-refractivity contribution in [3.05, 3.63) is 60.5 Å². The second-order valence-electron chi connectivity index (χ2n) is 4.77. The molecule has 0 aliphatic rings. The minimum Gasteiger partial charge on any atom is -0.508 e. The van der Waals surface area contributed by atoms with E-state index in [4.69, 9.17) is 4.42 Å². The van der Waals surface area contributed by atoms with Crippen LogP contribution in [0.3, 0.4) is 0 Å². The maximum absolute atomic E-state index is 12.8. The predicted octanol–water partition coefficient (Wildman–Crippen LogP) is 4.81. The zero-order valence-electron chi connectivity index (χ0n) is 11.6. The molecular formula is C16H11F3N2O2. The first-order chi connectivity index (χ1) is 10.9. The van der Waals surface area contributed by atoms with Crippen molar-refractivity contribution < 1.29 is 22.7 Å². The number of nitrogens with one attached hydrogen (secondary N) is 1. The molecule has 1 heterocycles. The van der Waals surface area contributed by atoms with Gasteiger partial charge < -0.3 is 14.8 Å². The number of aromatic hydroxyl groups is 1. The first-order valence-corrected chi connectivity index (χ1v) is 6.60. The van der Waals surface area contributed by atoms with Crippen molar-refractivity contribution in [1.82, 2.24) is 4.98 Å². The van der Waals surface area contributed by atoms with Gasteiger partial charge in [0.25, 0.3) is 0 Å². The molecular weight excluding hydrogens is 309 g/mol. The Labute approximate surface area is 129 Å². The molecule has 7 heteroatoms. The Morgan fingerprint density at radius 2 is 1.91 bits per heavy atom. The Kier molecular flexibility index (Phi) is 3.69. The first kappa shape index (κ1) is 15.0. The van der Waals surface area contributed by atoms with Gasteiger partial charge in [0.15, 0.2) is 0 Å². The average molecular weight is 320 g/mol. The van der Waals surface area contributed by atoms with E-state index in [0.717, 1.165) is 12.1 Å². The number of aromatic nitrogens is 1. The van der Waals surface area contributed by atoms with Crippen LogP contribution in [0.25, 0.3) is 11.5 Å². The van der Waals surface area contributed by atoms with E-state index < -0.39 is 11.7 Å². The number of oxazole rings is 1. The van der Waals surface area contributed by atoms with E-state index in [-0.39, 0.29) is 17.3 Å². The van der Waals surface area contributed by atoms with Crippen molar-refractivity contribution in [3.8, 4) is 17.2 Å². The molecule has 0 aliphatic heterocycles. The molecule has 4 nitrogen and oxygen atoms in total. The van der Waals surface area contributed by atoms with Crippen molar-refractivity contribution in [1.29, 1.82) is 0 Å². The van der Waals surface area contributed by atoms with Gasteiger partial charge in [0, 0.05) is 5.69 Å². The molecule has 0 radical (unpaired) electrons. The van der Waals surface area contributed by atoms with Gasteiger partial charge in [0.1, 0.15) is 12.0 Å². The highest BCUT2D eigenvalue weighted by Crippen LogP contribution is 2.34. The van der Waals surface area contributed by atoms with Crippen LogP contribution in [-0.4, -0.2) is 10.1 Å². The lowest BCUT2D eigenvalue weighted by Gasteiger charge is -2.13. The third kappa shape index (κ3) is 3.28. The molecule has 2 aromatic carbocycles. The largest absolute Gasteiger partial charge is 0.508 e. The predicted molar refractivity (Wildman–Crippen MR) is 78.3 cm³/mol. The molecule has 0 saturated heterocycles. The maximum atomic E-state index is 12.8. The van der Waals surface area contributed by atoms with Crippen molar-refractivity contribution in [3.63, 3.8) is 0 Å². The zero-order chi connectivity index (χ0) is 16.4. The minimum atomic E-state index is -4.42. The molecule has 3 rings (SSSR count). The summed E-state index contributed by atoms with van der Waals surface area (Å²) < 4.78 is 43.5. The van der Waals surface area contributed by atoms with Gasteiger partial charge in [0.05, 0.1) is 23.0 Å². The molecule has 0 bridgehead atoms. The molecule has 0 amide bonds. The number of rotatable bonds is 3. The van der Waals surface area contributed by atoms with E-state index >= 15 is 0 Å². The standard InChI is InChI=1S/C16H11F3N2O2/c17-16(18,19)10-2-1-3-11(8-10)21-14-5-4-12(22)9-13(14)15-20-6-7-23-15/h1-9,21-22H. The number of halogens is 3. The molecule has 0 fully saturated rings. The summed E-state index contributed by atoms with van der Waals surface area (Å²) in [5.74, 6) is 0.239. The van der Waals surface area contributed by atoms with Crippen LogP contribution in [0.5, 0.6) is 5.75 Å². The fourth-order valence-corrected chi connectivity index (χ4v) is 2.10. The lowest BCUT2D eigenvalue weighted by Crippen LogP contribution is -2.05. The van der Waals surface area contributed by atoms with Crippen LogP contribution in [0.15, 0.2) is 59.3 Å². The second-order valence-corrected chi connectivity index (χ2v) is 4.77. The number of alkyl halides is 3. The third-order valence-electron chi connectivity index (χ3n) is 3.13. The van der Waals surface area contributed by atoms with Gasteiger partial charge in [-0.15, -0.1) is 0 Å². The molecule has 2 N–H and O–H groups in total. The summed E-state index contributed by atoms with van der Waals surface area (Å²) in [5, 5.41) is 12.5. The van der Waals surface area contributed by atoms with Gasteiger partial charge in [-0.05, 0) is 36.4 Å². The van der Waals surface area contributed by atoms with Crippen molar-refractivity contribution in [2.45, 2.75) is 6.18 Å². The van der Waals surface area contributed by atoms with Crippen molar-refractivity contribution >= 4 is 11.4 Å². The first-order valence-electron chi connectivity index (χ1n) is 6.60. The van der Waals surface area contributed by atoms with Crippen LogP contribution < -0.4 is 5.32 Å². The third-order valence-corrected chi connectivity index (χ3v) is 3.13. The van der Waals surface area contributed by atoms with Crippen molar-refractivity contribution in [2.75, 3.05) is 5.32 Å². The molecule has 118 valence electrons. The summed E-state index contributed by atoms with van der Waals surface area (Å²) >= 11 is 0. The maximum Gasteiger partial charge on any atom is 0.416 e. The van der Waals surface area contributed by atoms with Crippen LogP contribution >= 0.6 is 0 Å². The molecule has 0 saturated carbocycles. The van der Waals surface area contributed by atoms with E-state index in [9.17, 15) is 18.3 Å². The Balaban J connectivity index is 1.98. The SMILES string of the molecule is Oc1ccc(Nc2cccc(C(F)(F)F)c2)c(-c2ncco2)c1. The van der Waals surface area contributed by atoms with Crippen molar-refractivity contribution in [2.24, 2.45) is 0 Å². The number of hydrogen-bond acceptors (Lipinski definition) is 4. The van der Waals surface area contributed by atoms with Crippen LogP contribution in [0.4, 0.5) is 24.5 Å². The summed E-state index contributed by atoms with van der Waals surface area (Å²) in [6.45, 7) is 0. The van der Waals surface area contributed by atoms with Gasteiger partial charge >= 0.3 is 6.18 Å². The second kappa shape index (κ2) is 5.68. The number of benzene rings is 2. The number of hydrogen-bond donors (Lipinski definition) is 2. The van der Waals surface area contributed by atoms with Gasteiger partial charge in [-0.25, -0.2) is 4.98 Å². The highest BCUT2D eigenvalue weighted by Gasteiger charge is 2.30. The van der Waals surface area contributed by atoms with E-state index in [1.807, 2.05) is 0 Å². The lowest BCUT2D eigenvalue weighted by atomic mass is 10.1. The van der Waals surface area contributed by atoms with Gasteiger partial charge in [-0.2, -0.15) is 13.2 Å². The summed E-state index contributed by atoms with van der Waals surface area (Å²) in [6, 6.07) is 9.21. The molecule has 0 spiro atoms. The van der Waals surface area contributed by atoms with E-state index in [1.54, 1.807) is 0 Å². The van der Waals surface area contributed by atoms with E-state index in [1.165, 1.54) is 42.8 Å². The summed E-state index contributed by atoms with van der Waals surface area (Å²) in [6.07, 6.45) is -1.61. The van der Waals surface area contributed by atoms with E-state index in [2.05, 4.69) is 10.3 Å².